The van der Waals surface area contributed by atoms with Crippen LogP contribution in [-0.4, -0.2) is 51.3 Å². The van der Waals surface area contributed by atoms with Crippen molar-refractivity contribution in [3.63, 3.8) is 0 Å². The second-order valence-corrected chi connectivity index (χ2v) is 21.8. The molecular formula is C66H69BBrClN12O2. The Morgan fingerprint density at radius 1 is 0.566 bits per heavy atom. The summed E-state index contributed by atoms with van der Waals surface area (Å²) < 4.78 is 13.2. The fourth-order valence-corrected chi connectivity index (χ4v) is 9.81. The molecular weight excluding hydrogens is 1120 g/mol. The van der Waals surface area contributed by atoms with E-state index in [1.54, 1.807) is 24.3 Å². The van der Waals surface area contributed by atoms with Crippen LogP contribution in [0.4, 0.5) is 34.9 Å². The lowest BCUT2D eigenvalue weighted by Gasteiger charge is -2.32. The van der Waals surface area contributed by atoms with Gasteiger partial charge in [0.15, 0.2) is 0 Å². The Kier molecular flexibility index (Phi) is 22.5. The fraction of sp³-hybridized carbons (Fsp3) is 0.273. The fourth-order valence-electron chi connectivity index (χ4n) is 9.36. The van der Waals surface area contributed by atoms with Crippen LogP contribution in [0.15, 0.2) is 126 Å². The molecule has 6 aromatic carbocycles. The van der Waals surface area contributed by atoms with E-state index in [-0.39, 0.29) is 30.7 Å². The third-order valence-electron chi connectivity index (χ3n) is 14.2. The van der Waals surface area contributed by atoms with Gasteiger partial charge in [0.1, 0.15) is 11.6 Å². The molecule has 1 saturated heterocycles. The first-order valence-corrected chi connectivity index (χ1v) is 28.2. The second-order valence-electron chi connectivity index (χ2n) is 20.9. The monoisotopic (exact) mass is 1190 g/mol. The van der Waals surface area contributed by atoms with Crippen molar-refractivity contribution >= 4 is 110 Å². The SMILES string of the molecule is CCCCNc1nc(Nc2ccc(C#N)cc2)nc2c(-c3c(C)cc(/C=C/C#N)cc3C)cccc12.CCCCNc1nc(Nc2ccc(C#N)cc2)nc2c(Br)cccc12.Cc1cc(/C=C/C#N)cc(C)c1B1OC(C)(C)C(C)(C)O1.Cl. The number of nitrogens with zero attached hydrogens (tertiary/aromatic N) is 8. The third kappa shape index (κ3) is 16.1. The predicted octanol–water partition coefficient (Wildman–Crippen LogP) is 16.1. The molecule has 0 bridgehead atoms. The van der Waals surface area contributed by atoms with Crippen LogP contribution >= 0.6 is 28.3 Å². The van der Waals surface area contributed by atoms with Gasteiger partial charge in [-0.3, -0.25) is 0 Å². The average Bonchev–Trinajstić information content (AvgIpc) is 3.92. The van der Waals surface area contributed by atoms with E-state index >= 15 is 0 Å². The first kappa shape index (κ1) is 63.6. The molecule has 1 fully saturated rings. The minimum atomic E-state index is -0.344. The number of hydrogen-bond acceptors (Lipinski definition) is 14. The number of aryl methyl sites for hydroxylation is 4. The summed E-state index contributed by atoms with van der Waals surface area (Å²) in [4.78, 5) is 19.0. The van der Waals surface area contributed by atoms with Gasteiger partial charge in [-0.1, -0.05) is 80.3 Å². The van der Waals surface area contributed by atoms with Crippen molar-refractivity contribution in [1.82, 2.24) is 19.9 Å². The molecule has 0 atom stereocenters. The number of allylic oxidation sites excluding steroid dienone is 2. The van der Waals surface area contributed by atoms with Gasteiger partial charge in [-0.25, -0.2) is 9.97 Å². The Balaban J connectivity index is 0.000000207. The van der Waals surface area contributed by atoms with Gasteiger partial charge in [0.2, 0.25) is 11.9 Å². The quantitative estimate of drug-likeness (QED) is 0.0403. The largest absolute Gasteiger partial charge is 0.495 e. The van der Waals surface area contributed by atoms with Crippen LogP contribution in [0.1, 0.15) is 112 Å². The summed E-state index contributed by atoms with van der Waals surface area (Å²) in [7, 11) is -0.344. The first-order valence-electron chi connectivity index (χ1n) is 27.4. The summed E-state index contributed by atoms with van der Waals surface area (Å²) in [5.41, 5.74) is 13.6. The van der Waals surface area contributed by atoms with Gasteiger partial charge in [-0.15, -0.1) is 12.4 Å². The minimum absolute atomic E-state index is 0. The molecule has 0 unspecified atom stereocenters. The third-order valence-corrected chi connectivity index (χ3v) is 14.9. The number of anilines is 6. The molecule has 3 heterocycles. The van der Waals surface area contributed by atoms with Gasteiger partial charge < -0.3 is 30.6 Å². The maximum absolute atomic E-state index is 9.10. The van der Waals surface area contributed by atoms with Gasteiger partial charge in [-0.2, -0.15) is 31.0 Å². The van der Waals surface area contributed by atoms with Crippen molar-refractivity contribution in [2.75, 3.05) is 34.4 Å². The van der Waals surface area contributed by atoms with Crippen molar-refractivity contribution in [3.05, 3.63) is 170 Å². The zero-order valence-corrected chi connectivity index (χ0v) is 51.1. The molecule has 422 valence electrons. The lowest BCUT2D eigenvalue weighted by atomic mass is 9.73. The number of nitrogens with one attached hydrogen (secondary N) is 4. The lowest BCUT2D eigenvalue weighted by Crippen LogP contribution is -2.41. The molecule has 2 aromatic heterocycles. The van der Waals surface area contributed by atoms with Crippen LogP contribution in [0.5, 0.6) is 0 Å². The predicted molar refractivity (Wildman–Crippen MR) is 346 cm³/mol. The summed E-state index contributed by atoms with van der Waals surface area (Å²) in [6, 6.07) is 43.2. The van der Waals surface area contributed by atoms with Crippen LogP contribution in [0.2, 0.25) is 0 Å². The smallest absolute Gasteiger partial charge is 0.399 e. The number of nitriles is 4. The standard InChI is InChI=1S/C30H28N6.C19H18BrN5.C17H22BNO2.ClH/c1-4-5-16-33-29-26-10-6-9-25(27-20(2)17-23(8-7-15-31)18-21(27)3)28(26)35-30(36-29)34-24-13-11-22(19-32)12-14-24;1-2-3-11-22-18-15-5-4-6-16(20)17(15)24-19(25-18)23-14-9-7-13(12-21)8-10-14;1-12-10-14(8-7-9-19)11-13(2)15(12)18-20-16(3,4)17(5,6)21-18;/h6-14,17-18H,4-5,16H2,1-3H3,(H2,33,34,35,36);4-10H,2-3,11H2,1H3,(H2,22,23,24,25);7-8,10-11H,1-6H3;1H/b8-7+;;8-7+;. The zero-order chi connectivity index (χ0) is 59.0. The van der Waals surface area contributed by atoms with Gasteiger partial charge >= 0.3 is 7.12 Å². The summed E-state index contributed by atoms with van der Waals surface area (Å²) >= 11 is 3.57. The number of unbranched alkanes of at least 4 members (excludes halogenated alkanes) is 2. The van der Waals surface area contributed by atoms with Gasteiger partial charge in [0, 0.05) is 57.4 Å². The van der Waals surface area contributed by atoms with Gasteiger partial charge in [-0.05, 0) is 196 Å². The molecule has 0 saturated carbocycles. The molecule has 0 spiro atoms. The van der Waals surface area contributed by atoms with E-state index in [0.29, 0.717) is 23.0 Å². The van der Waals surface area contributed by atoms with Crippen molar-refractivity contribution in [3.8, 4) is 35.4 Å². The number of para-hydroxylation sites is 2. The molecule has 17 heteroatoms. The Labute approximate surface area is 503 Å². The van der Waals surface area contributed by atoms with Crippen molar-refractivity contribution < 1.29 is 9.31 Å². The Morgan fingerprint density at radius 3 is 1.42 bits per heavy atom. The number of halogens is 2. The van der Waals surface area contributed by atoms with E-state index in [1.807, 2.05) is 72.8 Å². The van der Waals surface area contributed by atoms with Crippen molar-refractivity contribution in [2.45, 2.75) is 106 Å². The topological polar surface area (TPSA) is 213 Å². The molecule has 4 N–H and O–H groups in total. The Morgan fingerprint density at radius 2 is 0.988 bits per heavy atom. The summed E-state index contributed by atoms with van der Waals surface area (Å²) in [6.45, 7) is 22.5. The number of benzene rings is 6. The number of hydrogen-bond donors (Lipinski definition) is 4. The van der Waals surface area contributed by atoms with Crippen molar-refractivity contribution in [2.24, 2.45) is 0 Å². The van der Waals surface area contributed by atoms with E-state index in [9.17, 15) is 0 Å². The molecule has 9 rings (SSSR count). The van der Waals surface area contributed by atoms with Crippen LogP contribution in [-0.2, 0) is 9.31 Å². The van der Waals surface area contributed by atoms with Gasteiger partial charge in [0.25, 0.3) is 0 Å². The van der Waals surface area contributed by atoms with Crippen molar-refractivity contribution in [1.29, 1.82) is 21.0 Å². The first-order chi connectivity index (χ1) is 39.4. The average molecular weight is 1190 g/mol. The molecule has 83 heavy (non-hydrogen) atoms. The highest BCUT2D eigenvalue weighted by molar-refractivity contribution is 9.10. The van der Waals surface area contributed by atoms with Gasteiger partial charge in [0.05, 0.1) is 57.6 Å². The molecule has 14 nitrogen and oxygen atoms in total. The highest BCUT2D eigenvalue weighted by Crippen LogP contribution is 2.39. The molecule has 0 radical (unpaired) electrons. The van der Waals surface area contributed by atoms with Crippen LogP contribution < -0.4 is 26.7 Å². The number of aromatic nitrogens is 4. The summed E-state index contributed by atoms with van der Waals surface area (Å²) in [5, 5.41) is 50.9. The maximum atomic E-state index is 9.10. The van der Waals surface area contributed by atoms with Crippen LogP contribution in [0, 0.1) is 73.0 Å². The Hall–Kier alpha value is -8.61. The normalized spacial score (nSPS) is 12.9. The molecule has 1 aliphatic rings. The highest BCUT2D eigenvalue weighted by atomic mass is 79.9. The molecule has 8 aromatic rings. The molecule has 0 amide bonds. The maximum Gasteiger partial charge on any atom is 0.495 e. The highest BCUT2D eigenvalue weighted by Gasteiger charge is 2.52. The second kappa shape index (κ2) is 29.4. The number of fused-ring (bicyclic) bond motifs is 2. The van der Waals surface area contributed by atoms with E-state index < -0.39 is 0 Å². The zero-order valence-electron chi connectivity index (χ0n) is 48.7. The summed E-state index contributed by atoms with van der Waals surface area (Å²) in [5.74, 6) is 2.61. The summed E-state index contributed by atoms with van der Waals surface area (Å²) in [6.07, 6.45) is 10.9. The molecule has 0 aliphatic carbocycles. The van der Waals surface area contributed by atoms with E-state index in [0.717, 1.165) is 138 Å². The minimum Gasteiger partial charge on any atom is -0.399 e. The lowest BCUT2D eigenvalue weighted by molar-refractivity contribution is 0.00578. The Bertz CT molecular complexity index is 3760. The van der Waals surface area contributed by atoms with Crippen LogP contribution in [0.25, 0.3) is 45.1 Å². The van der Waals surface area contributed by atoms with E-state index in [4.69, 9.17) is 40.3 Å². The van der Waals surface area contributed by atoms with E-state index in [2.05, 4.69) is 165 Å². The van der Waals surface area contributed by atoms with E-state index in [1.165, 1.54) is 12.2 Å². The molecule has 1 aliphatic heterocycles. The van der Waals surface area contributed by atoms with Crippen LogP contribution in [0.3, 0.4) is 0 Å². The number of rotatable bonds is 16.